The maximum atomic E-state index is 4.96. The minimum atomic E-state index is 0.538. The number of rotatable bonds is 14. The van der Waals surface area contributed by atoms with Gasteiger partial charge in [0.1, 0.15) is 5.69 Å². The molecule has 0 fully saturated rings. The molecule has 0 aromatic carbocycles. The van der Waals surface area contributed by atoms with Gasteiger partial charge in [0.25, 0.3) is 0 Å². The van der Waals surface area contributed by atoms with E-state index < -0.39 is 0 Å². The van der Waals surface area contributed by atoms with E-state index in [1.54, 1.807) is 6.20 Å². The van der Waals surface area contributed by atoms with Crippen molar-refractivity contribution in [2.45, 2.75) is 105 Å². The van der Waals surface area contributed by atoms with E-state index in [4.69, 9.17) is 9.97 Å². The van der Waals surface area contributed by atoms with Gasteiger partial charge in [-0.05, 0) is 63.5 Å². The number of nitrogens with zero attached hydrogens (tertiary/aromatic N) is 7. The zero-order valence-electron chi connectivity index (χ0n) is 21.3. The highest BCUT2D eigenvalue weighted by atomic mass is 15.2. The van der Waals surface area contributed by atoms with E-state index in [1.807, 2.05) is 12.1 Å². The molecule has 3 rings (SSSR count). The van der Waals surface area contributed by atoms with Crippen molar-refractivity contribution in [1.29, 1.82) is 0 Å². The van der Waals surface area contributed by atoms with Gasteiger partial charge < -0.3 is 0 Å². The van der Waals surface area contributed by atoms with Crippen molar-refractivity contribution >= 4 is 0 Å². The molecule has 0 saturated heterocycles. The molecule has 0 saturated carbocycles. The van der Waals surface area contributed by atoms with Gasteiger partial charge in [-0.3, -0.25) is 4.98 Å². The molecule has 3 aromatic heterocycles. The van der Waals surface area contributed by atoms with Crippen LogP contribution in [-0.2, 0) is 25.7 Å². The first-order chi connectivity index (χ1) is 16.7. The van der Waals surface area contributed by atoms with Gasteiger partial charge in [0.2, 0.25) is 5.82 Å². The van der Waals surface area contributed by atoms with E-state index in [9.17, 15) is 0 Å². The van der Waals surface area contributed by atoms with Gasteiger partial charge in [-0.2, -0.15) is 10.2 Å². The third-order valence-corrected chi connectivity index (χ3v) is 6.01. The fourth-order valence-corrected chi connectivity index (χ4v) is 3.90. The van der Waals surface area contributed by atoms with Crippen molar-refractivity contribution in [3.8, 4) is 22.9 Å². The molecule has 34 heavy (non-hydrogen) atoms. The summed E-state index contributed by atoms with van der Waals surface area (Å²) < 4.78 is 0. The summed E-state index contributed by atoms with van der Waals surface area (Å²) in [5.74, 6) is 1.12. The first-order valence-electron chi connectivity index (χ1n) is 13.1. The molecule has 7 nitrogen and oxygen atoms in total. The van der Waals surface area contributed by atoms with Gasteiger partial charge in [0.15, 0.2) is 5.82 Å². The maximum Gasteiger partial charge on any atom is 0.201 e. The molecule has 0 aliphatic rings. The summed E-state index contributed by atoms with van der Waals surface area (Å²) in [6.45, 7) is 8.78. The van der Waals surface area contributed by atoms with Crippen LogP contribution in [0.2, 0.25) is 0 Å². The molecular weight excluding hydrogens is 422 g/mol. The van der Waals surface area contributed by atoms with Crippen LogP contribution in [0.25, 0.3) is 22.9 Å². The Morgan fingerprint density at radius 2 is 1.03 bits per heavy atom. The fraction of sp³-hybridized carbons (Fsp3) is 0.593. The minimum Gasteiger partial charge on any atom is -0.252 e. The van der Waals surface area contributed by atoms with Crippen molar-refractivity contribution in [1.82, 2.24) is 35.3 Å². The molecule has 0 amide bonds. The molecule has 7 heteroatoms. The highest BCUT2D eigenvalue weighted by Crippen LogP contribution is 2.27. The van der Waals surface area contributed by atoms with Crippen molar-refractivity contribution in [2.24, 2.45) is 0 Å². The van der Waals surface area contributed by atoms with Gasteiger partial charge >= 0.3 is 0 Å². The van der Waals surface area contributed by atoms with Crippen LogP contribution < -0.4 is 0 Å². The largest absolute Gasteiger partial charge is 0.252 e. The summed E-state index contributed by atoms with van der Waals surface area (Å²) in [4.78, 5) is 14.5. The summed E-state index contributed by atoms with van der Waals surface area (Å²) in [7, 11) is 0. The van der Waals surface area contributed by atoms with E-state index in [0.717, 1.165) is 105 Å². The topological polar surface area (TPSA) is 90.2 Å². The van der Waals surface area contributed by atoms with Crippen molar-refractivity contribution < 1.29 is 0 Å². The Balaban J connectivity index is 2.01. The van der Waals surface area contributed by atoms with Gasteiger partial charge in [0.05, 0.1) is 28.3 Å². The third kappa shape index (κ3) is 6.84. The molecule has 0 N–H and O–H groups in total. The van der Waals surface area contributed by atoms with Gasteiger partial charge in [-0.15, -0.1) is 10.2 Å². The molecule has 0 radical (unpaired) electrons. The molecule has 3 heterocycles. The number of hydrogen-bond donors (Lipinski definition) is 0. The number of aryl methyl sites for hydroxylation is 4. The Hall–Kier alpha value is -2.83. The van der Waals surface area contributed by atoms with E-state index in [1.165, 1.54) is 0 Å². The van der Waals surface area contributed by atoms with Gasteiger partial charge in [-0.1, -0.05) is 53.4 Å². The number of hydrogen-bond acceptors (Lipinski definition) is 7. The normalized spacial score (nSPS) is 11.2. The minimum absolute atomic E-state index is 0.538. The monoisotopic (exact) mass is 461 g/mol. The first-order valence-corrected chi connectivity index (χ1v) is 13.1. The quantitative estimate of drug-likeness (QED) is 0.284. The van der Waals surface area contributed by atoms with E-state index in [0.29, 0.717) is 17.3 Å². The maximum absolute atomic E-state index is 4.96. The van der Waals surface area contributed by atoms with E-state index >= 15 is 0 Å². The zero-order valence-corrected chi connectivity index (χ0v) is 21.3. The Kier molecular flexibility index (Phi) is 10.4. The predicted molar refractivity (Wildman–Crippen MR) is 136 cm³/mol. The molecule has 0 bridgehead atoms. The third-order valence-electron chi connectivity index (χ3n) is 6.01. The standard InChI is InChI=1S/C27H39N7/c1-5-9-15-21-23(17-11-7-3)31-33-26(29-21)20-14-13-19-28-25(20)27-30-22(16-10-6-2)24(32-34-27)18-12-8-4/h13-14,19H,5-12,15-18H2,1-4H3. The number of pyridine rings is 1. The van der Waals surface area contributed by atoms with Gasteiger partial charge in [-0.25, -0.2) is 9.97 Å². The van der Waals surface area contributed by atoms with Crippen molar-refractivity contribution in [3.05, 3.63) is 41.1 Å². The summed E-state index contributed by atoms with van der Waals surface area (Å²) in [5.41, 5.74) is 5.59. The Labute approximate surface area is 204 Å². The van der Waals surface area contributed by atoms with Crippen LogP contribution in [0.4, 0.5) is 0 Å². The molecule has 182 valence electrons. The average molecular weight is 462 g/mol. The Morgan fingerprint density at radius 3 is 1.56 bits per heavy atom. The smallest absolute Gasteiger partial charge is 0.201 e. The van der Waals surface area contributed by atoms with Crippen molar-refractivity contribution in [3.63, 3.8) is 0 Å². The predicted octanol–water partition coefficient (Wildman–Crippen LogP) is 6.16. The molecule has 0 aliphatic carbocycles. The SMILES string of the molecule is CCCCc1nnc(-c2cccnc2-c2nnc(CCCC)c(CCCC)n2)nc1CCCC. The molecule has 0 unspecified atom stereocenters. The van der Waals surface area contributed by atoms with Crippen LogP contribution in [0.1, 0.15) is 102 Å². The second kappa shape index (κ2) is 13.8. The highest BCUT2D eigenvalue weighted by Gasteiger charge is 2.18. The van der Waals surface area contributed by atoms with Crippen LogP contribution in [0.3, 0.4) is 0 Å². The summed E-state index contributed by atoms with van der Waals surface area (Å²) >= 11 is 0. The number of unbranched alkanes of at least 4 members (excludes halogenated alkanes) is 4. The summed E-state index contributed by atoms with van der Waals surface area (Å²) in [6.07, 6.45) is 14.3. The lowest BCUT2D eigenvalue weighted by atomic mass is 10.1. The first kappa shape index (κ1) is 25.8. The van der Waals surface area contributed by atoms with E-state index in [2.05, 4.69) is 53.1 Å². The van der Waals surface area contributed by atoms with Gasteiger partial charge in [0, 0.05) is 6.20 Å². The van der Waals surface area contributed by atoms with Crippen LogP contribution in [0.15, 0.2) is 18.3 Å². The second-order valence-corrected chi connectivity index (χ2v) is 8.87. The molecule has 3 aromatic rings. The lowest BCUT2D eigenvalue weighted by molar-refractivity contribution is 0.700. The molecule has 0 atom stereocenters. The fourth-order valence-electron chi connectivity index (χ4n) is 3.90. The Bertz CT molecular complexity index is 953. The molecule has 0 spiro atoms. The molecule has 0 aliphatic heterocycles. The Morgan fingerprint density at radius 1 is 0.559 bits per heavy atom. The number of aromatic nitrogens is 7. The van der Waals surface area contributed by atoms with Crippen LogP contribution in [-0.4, -0.2) is 35.3 Å². The van der Waals surface area contributed by atoms with Crippen LogP contribution >= 0.6 is 0 Å². The van der Waals surface area contributed by atoms with E-state index in [-0.39, 0.29) is 0 Å². The zero-order chi connectivity index (χ0) is 24.2. The highest BCUT2D eigenvalue weighted by molar-refractivity contribution is 5.73. The van der Waals surface area contributed by atoms with Crippen LogP contribution in [0.5, 0.6) is 0 Å². The summed E-state index contributed by atoms with van der Waals surface area (Å²) in [6, 6.07) is 3.88. The summed E-state index contributed by atoms with van der Waals surface area (Å²) in [5, 5.41) is 18.2. The van der Waals surface area contributed by atoms with Crippen LogP contribution in [0, 0.1) is 0 Å². The lowest BCUT2D eigenvalue weighted by Gasteiger charge is -2.12. The van der Waals surface area contributed by atoms with Crippen molar-refractivity contribution in [2.75, 3.05) is 0 Å². The average Bonchev–Trinajstić information content (AvgIpc) is 2.88. The second-order valence-electron chi connectivity index (χ2n) is 8.87. The molecular formula is C27H39N7. The lowest BCUT2D eigenvalue weighted by Crippen LogP contribution is -2.09.